The van der Waals surface area contributed by atoms with E-state index in [-0.39, 0.29) is 17.1 Å². The average Bonchev–Trinajstić information content (AvgIpc) is 2.45. The number of nitrogens with zero attached hydrogens (tertiary/aromatic N) is 1. The lowest BCUT2D eigenvalue weighted by molar-refractivity contribution is -0.0440. The number of halogens is 1. The van der Waals surface area contributed by atoms with Crippen molar-refractivity contribution < 1.29 is 17.9 Å². The predicted molar refractivity (Wildman–Crippen MR) is 88.7 cm³/mol. The number of hydrogen-bond acceptors (Lipinski definition) is 4. The summed E-state index contributed by atoms with van der Waals surface area (Å²) in [5, 5.41) is 0. The van der Waals surface area contributed by atoms with Crippen LogP contribution in [0.4, 0.5) is 0 Å². The third-order valence-electron chi connectivity index (χ3n) is 3.39. The molecule has 0 spiro atoms. The van der Waals surface area contributed by atoms with Crippen LogP contribution in [0.2, 0.25) is 0 Å². The lowest BCUT2D eigenvalue weighted by Crippen LogP contribution is -2.48. The molecule has 1 aliphatic heterocycles. The van der Waals surface area contributed by atoms with E-state index in [0.717, 1.165) is 10.9 Å². The minimum atomic E-state index is -3.54. The second-order valence-corrected chi connectivity index (χ2v) is 8.31. The Morgan fingerprint density at radius 2 is 1.95 bits per heavy atom. The van der Waals surface area contributed by atoms with Crippen LogP contribution in [0.15, 0.2) is 27.6 Å². The first kappa shape index (κ1) is 17.7. The van der Waals surface area contributed by atoms with Gasteiger partial charge in [0, 0.05) is 19.2 Å². The van der Waals surface area contributed by atoms with Crippen LogP contribution < -0.4 is 4.74 Å². The van der Waals surface area contributed by atoms with Gasteiger partial charge in [-0.25, -0.2) is 8.42 Å². The number of sulfonamides is 1. The summed E-state index contributed by atoms with van der Waals surface area (Å²) in [6, 6.07) is 4.90. The van der Waals surface area contributed by atoms with Gasteiger partial charge in [0.15, 0.2) is 0 Å². The quantitative estimate of drug-likeness (QED) is 0.773. The van der Waals surface area contributed by atoms with Gasteiger partial charge in [-0.3, -0.25) is 0 Å². The summed E-state index contributed by atoms with van der Waals surface area (Å²) in [7, 11) is -3.54. The van der Waals surface area contributed by atoms with Gasteiger partial charge in [0.25, 0.3) is 0 Å². The topological polar surface area (TPSA) is 55.8 Å². The Hall–Kier alpha value is -0.630. The van der Waals surface area contributed by atoms with Gasteiger partial charge in [-0.2, -0.15) is 4.31 Å². The molecule has 0 N–H and O–H groups in total. The second-order valence-electron chi connectivity index (χ2n) is 5.52. The predicted octanol–water partition coefficient (Wildman–Crippen LogP) is 3.04. The highest BCUT2D eigenvalue weighted by atomic mass is 79.9. The average molecular weight is 392 g/mol. The van der Waals surface area contributed by atoms with E-state index in [1.807, 2.05) is 20.8 Å². The molecule has 5 nitrogen and oxygen atoms in total. The highest BCUT2D eigenvalue weighted by molar-refractivity contribution is 9.10. The summed E-state index contributed by atoms with van der Waals surface area (Å²) in [6.45, 7) is 7.06. The first-order valence-corrected chi connectivity index (χ1v) is 9.66. The van der Waals surface area contributed by atoms with Crippen LogP contribution in [0.1, 0.15) is 27.2 Å². The van der Waals surface area contributed by atoms with E-state index in [9.17, 15) is 8.42 Å². The Kier molecular flexibility index (Phi) is 5.87. The lowest BCUT2D eigenvalue weighted by atomic mass is 10.3. The van der Waals surface area contributed by atoms with Crippen molar-refractivity contribution in [2.45, 2.75) is 44.3 Å². The maximum atomic E-state index is 12.8. The van der Waals surface area contributed by atoms with Crippen molar-refractivity contribution in [3.8, 4) is 5.75 Å². The molecule has 0 aromatic heterocycles. The first-order chi connectivity index (χ1) is 10.3. The molecule has 2 rings (SSSR count). The number of morpholine rings is 1. The molecule has 1 aromatic rings. The molecule has 0 aliphatic carbocycles. The van der Waals surface area contributed by atoms with Crippen molar-refractivity contribution in [1.29, 1.82) is 0 Å². The zero-order chi connectivity index (χ0) is 16.3. The van der Waals surface area contributed by atoms with Gasteiger partial charge in [0.2, 0.25) is 10.0 Å². The van der Waals surface area contributed by atoms with Crippen molar-refractivity contribution in [1.82, 2.24) is 4.31 Å². The zero-order valence-electron chi connectivity index (χ0n) is 13.1. The number of hydrogen-bond donors (Lipinski definition) is 0. The van der Waals surface area contributed by atoms with Crippen molar-refractivity contribution in [3.05, 3.63) is 22.7 Å². The molecule has 7 heteroatoms. The Labute approximate surface area is 140 Å². The molecule has 0 saturated carbocycles. The van der Waals surface area contributed by atoms with E-state index in [0.29, 0.717) is 25.4 Å². The van der Waals surface area contributed by atoms with Gasteiger partial charge in [-0.1, -0.05) is 6.92 Å². The lowest BCUT2D eigenvalue weighted by Gasteiger charge is -2.34. The summed E-state index contributed by atoms with van der Waals surface area (Å²) in [5.41, 5.74) is 0. The van der Waals surface area contributed by atoms with Crippen LogP contribution in [0.25, 0.3) is 0 Å². The third kappa shape index (κ3) is 4.01. The fourth-order valence-corrected chi connectivity index (χ4v) is 4.41. The minimum absolute atomic E-state index is 0.107. The Bertz CT molecular complexity index is 610. The summed E-state index contributed by atoms with van der Waals surface area (Å²) in [5.74, 6) is 0.553. The summed E-state index contributed by atoms with van der Waals surface area (Å²) in [4.78, 5) is 0.253. The second kappa shape index (κ2) is 7.29. The maximum absolute atomic E-state index is 12.8. The maximum Gasteiger partial charge on any atom is 0.243 e. The van der Waals surface area contributed by atoms with Crippen molar-refractivity contribution in [2.75, 3.05) is 19.7 Å². The molecule has 1 heterocycles. The van der Waals surface area contributed by atoms with Crippen LogP contribution in [0.5, 0.6) is 5.75 Å². The molecular formula is C15H22BrNO4S. The van der Waals surface area contributed by atoms with Gasteiger partial charge < -0.3 is 9.47 Å². The number of rotatable bonds is 5. The largest absolute Gasteiger partial charge is 0.492 e. The smallest absolute Gasteiger partial charge is 0.243 e. The molecule has 0 radical (unpaired) electrons. The molecule has 0 bridgehead atoms. The molecule has 124 valence electrons. The monoisotopic (exact) mass is 391 g/mol. The number of benzene rings is 1. The minimum Gasteiger partial charge on any atom is -0.492 e. The Morgan fingerprint density at radius 3 is 2.55 bits per heavy atom. The summed E-state index contributed by atoms with van der Waals surface area (Å²) < 4.78 is 39.1. The molecular weight excluding hydrogens is 370 g/mol. The van der Waals surface area contributed by atoms with Crippen LogP contribution in [-0.2, 0) is 14.8 Å². The SMILES string of the molecule is CCCOc1cc(S(=O)(=O)N2CC(C)OC(C)C2)ccc1Br. The fourth-order valence-electron chi connectivity index (χ4n) is 2.44. The summed E-state index contributed by atoms with van der Waals surface area (Å²) in [6.07, 6.45) is 0.650. The van der Waals surface area contributed by atoms with Gasteiger partial charge >= 0.3 is 0 Å². The molecule has 22 heavy (non-hydrogen) atoms. The van der Waals surface area contributed by atoms with Crippen LogP contribution >= 0.6 is 15.9 Å². The Morgan fingerprint density at radius 1 is 1.32 bits per heavy atom. The van der Waals surface area contributed by atoms with E-state index in [1.165, 1.54) is 4.31 Å². The first-order valence-electron chi connectivity index (χ1n) is 7.42. The normalized spacial score (nSPS) is 23.5. The van der Waals surface area contributed by atoms with Gasteiger partial charge in [0.1, 0.15) is 5.75 Å². The van der Waals surface area contributed by atoms with Crippen molar-refractivity contribution in [3.63, 3.8) is 0 Å². The van der Waals surface area contributed by atoms with Crippen LogP contribution in [-0.4, -0.2) is 44.6 Å². The van der Waals surface area contributed by atoms with E-state index in [4.69, 9.17) is 9.47 Å². The van der Waals surface area contributed by atoms with Gasteiger partial charge in [-0.15, -0.1) is 0 Å². The van der Waals surface area contributed by atoms with Gasteiger partial charge in [0.05, 0.1) is 28.2 Å². The molecule has 2 unspecified atom stereocenters. The standard InChI is InChI=1S/C15H22BrNO4S/c1-4-7-20-15-8-13(5-6-14(15)16)22(18,19)17-9-11(2)21-12(3)10-17/h5-6,8,11-12H,4,7,9-10H2,1-3H3. The van der Waals surface area contributed by atoms with E-state index in [1.54, 1.807) is 18.2 Å². The van der Waals surface area contributed by atoms with E-state index < -0.39 is 10.0 Å². The molecule has 1 aromatic carbocycles. The molecule has 1 fully saturated rings. The zero-order valence-corrected chi connectivity index (χ0v) is 15.5. The Balaban J connectivity index is 2.29. The third-order valence-corrected chi connectivity index (χ3v) is 5.87. The van der Waals surface area contributed by atoms with Crippen LogP contribution in [0, 0.1) is 0 Å². The van der Waals surface area contributed by atoms with E-state index >= 15 is 0 Å². The van der Waals surface area contributed by atoms with Gasteiger partial charge in [-0.05, 0) is 48.3 Å². The molecule has 1 aliphatic rings. The molecule has 0 amide bonds. The number of ether oxygens (including phenoxy) is 2. The van der Waals surface area contributed by atoms with Crippen LogP contribution in [0.3, 0.4) is 0 Å². The van der Waals surface area contributed by atoms with E-state index in [2.05, 4.69) is 15.9 Å². The fraction of sp³-hybridized carbons (Fsp3) is 0.600. The molecule has 2 atom stereocenters. The van der Waals surface area contributed by atoms with Crippen molar-refractivity contribution in [2.24, 2.45) is 0 Å². The highest BCUT2D eigenvalue weighted by Gasteiger charge is 2.32. The van der Waals surface area contributed by atoms with Crippen molar-refractivity contribution >= 4 is 26.0 Å². The summed E-state index contributed by atoms with van der Waals surface area (Å²) >= 11 is 3.39. The highest BCUT2D eigenvalue weighted by Crippen LogP contribution is 2.30. The molecule has 1 saturated heterocycles.